The number of carbonyl (C=O) groups excluding carboxylic acids is 3. The van der Waals surface area contributed by atoms with Gasteiger partial charge in [0.1, 0.15) is 5.78 Å². The molecule has 2 atom stereocenters. The summed E-state index contributed by atoms with van der Waals surface area (Å²) in [6.45, 7) is 21.8. The Morgan fingerprint density at radius 3 is 1.85 bits per heavy atom. The quantitative estimate of drug-likeness (QED) is 0.0896. The largest absolute Gasteiger partial charge is 0.466 e. The van der Waals surface area contributed by atoms with Crippen molar-refractivity contribution >= 4 is 40.2 Å². The van der Waals surface area contributed by atoms with Gasteiger partial charge in [0.25, 0.3) is 0 Å². The molecule has 1 aromatic rings. The number of ether oxygens (including phenoxy) is 1. The molecule has 0 bridgehead atoms. The van der Waals surface area contributed by atoms with E-state index in [0.717, 1.165) is 5.56 Å². The first-order chi connectivity index (χ1) is 18.3. The van der Waals surface area contributed by atoms with E-state index in [1.54, 1.807) is 12.2 Å². The highest BCUT2D eigenvalue weighted by Crippen LogP contribution is 2.40. The lowest BCUT2D eigenvalue weighted by molar-refractivity contribution is -0.135. The minimum atomic E-state index is -2.24. The SMILES string of the molecule is COC(=O)/C=C\C[C@H](C[C@@H](CC(=O)CC(=O)/C=C/c1ccccc1)O[Si](C)(C)C(C)(C)C)O[Si](C)(C)C(C)(C)C. The lowest BCUT2D eigenvalue weighted by Gasteiger charge is -2.42. The average molecular weight is 589 g/mol. The van der Waals surface area contributed by atoms with Crippen molar-refractivity contribution < 1.29 is 28.0 Å². The molecule has 0 amide bonds. The van der Waals surface area contributed by atoms with Crippen molar-refractivity contribution in [2.45, 2.75) is 116 Å². The van der Waals surface area contributed by atoms with Crippen LogP contribution in [-0.4, -0.2) is 53.5 Å². The summed E-state index contributed by atoms with van der Waals surface area (Å²) in [5, 5.41) is -0.0659. The second-order valence-electron chi connectivity index (χ2n) is 13.5. The maximum atomic E-state index is 13.2. The van der Waals surface area contributed by atoms with Crippen molar-refractivity contribution in [1.82, 2.24) is 0 Å². The molecule has 0 heterocycles. The highest BCUT2D eigenvalue weighted by Gasteiger charge is 2.42. The molecular formula is C32H52O6Si2. The lowest BCUT2D eigenvalue weighted by atomic mass is 10.0. The number of Topliss-reactive ketones (excluding diaryl/α,β-unsaturated/α-hetero) is 1. The van der Waals surface area contributed by atoms with E-state index >= 15 is 0 Å². The fraction of sp³-hybridized carbons (Fsp3) is 0.594. The van der Waals surface area contributed by atoms with Gasteiger partial charge in [-0.2, -0.15) is 0 Å². The van der Waals surface area contributed by atoms with Gasteiger partial charge in [-0.3, -0.25) is 9.59 Å². The molecule has 6 nitrogen and oxygen atoms in total. The van der Waals surface area contributed by atoms with Crippen molar-refractivity contribution in [1.29, 1.82) is 0 Å². The number of benzene rings is 1. The maximum Gasteiger partial charge on any atom is 0.330 e. The highest BCUT2D eigenvalue weighted by molar-refractivity contribution is 6.74. The molecule has 0 unspecified atom stereocenters. The molecule has 0 aliphatic carbocycles. The van der Waals surface area contributed by atoms with Gasteiger partial charge in [-0.1, -0.05) is 84.0 Å². The summed E-state index contributed by atoms with van der Waals surface area (Å²) in [5.41, 5.74) is 0.910. The number of esters is 1. The highest BCUT2D eigenvalue weighted by atomic mass is 28.4. The first-order valence-corrected chi connectivity index (χ1v) is 20.0. The molecule has 0 saturated heterocycles. The molecule has 0 radical (unpaired) electrons. The first-order valence-electron chi connectivity index (χ1n) is 14.1. The number of hydrogen-bond donors (Lipinski definition) is 0. The van der Waals surface area contributed by atoms with Crippen LogP contribution in [0.5, 0.6) is 0 Å². The summed E-state index contributed by atoms with van der Waals surface area (Å²) in [4.78, 5) is 37.5. The normalized spacial score (nSPS) is 14.9. The van der Waals surface area contributed by atoms with Crippen LogP contribution in [0.2, 0.25) is 36.3 Å². The minimum Gasteiger partial charge on any atom is -0.466 e. The Balaban J connectivity index is 3.18. The third-order valence-electron chi connectivity index (χ3n) is 8.00. The van der Waals surface area contributed by atoms with Gasteiger partial charge in [-0.15, -0.1) is 0 Å². The average Bonchev–Trinajstić information content (AvgIpc) is 2.81. The van der Waals surface area contributed by atoms with Crippen LogP contribution in [0.4, 0.5) is 0 Å². The van der Waals surface area contributed by atoms with Gasteiger partial charge in [0, 0.05) is 12.5 Å². The zero-order valence-corrected chi connectivity index (χ0v) is 28.6. The van der Waals surface area contributed by atoms with Crippen LogP contribution in [0.15, 0.2) is 48.6 Å². The Bertz CT molecular complexity index is 1030. The molecule has 0 saturated carbocycles. The van der Waals surface area contributed by atoms with Gasteiger partial charge in [-0.05, 0) is 60.7 Å². The van der Waals surface area contributed by atoms with Crippen molar-refractivity contribution in [2.75, 3.05) is 7.11 Å². The Labute approximate surface area is 244 Å². The number of allylic oxidation sites excluding steroid dienone is 1. The van der Waals surface area contributed by atoms with Gasteiger partial charge >= 0.3 is 5.97 Å². The Hall–Kier alpha value is -2.14. The van der Waals surface area contributed by atoms with E-state index in [0.29, 0.717) is 12.8 Å². The molecule has 0 aliphatic heterocycles. The van der Waals surface area contributed by atoms with Crippen molar-refractivity contribution in [3.8, 4) is 0 Å². The molecule has 0 spiro atoms. The van der Waals surface area contributed by atoms with Gasteiger partial charge in [-0.25, -0.2) is 4.79 Å². The van der Waals surface area contributed by atoms with Crippen LogP contribution in [-0.2, 0) is 28.0 Å². The molecule has 0 aromatic heterocycles. The molecule has 0 aliphatic rings. The Morgan fingerprint density at radius 2 is 1.35 bits per heavy atom. The lowest BCUT2D eigenvalue weighted by Crippen LogP contribution is -2.47. The van der Waals surface area contributed by atoms with Crippen LogP contribution in [0.25, 0.3) is 6.08 Å². The Kier molecular flexibility index (Phi) is 13.6. The van der Waals surface area contributed by atoms with Crippen molar-refractivity contribution in [3.05, 3.63) is 54.1 Å². The van der Waals surface area contributed by atoms with Crippen LogP contribution >= 0.6 is 0 Å². The Morgan fingerprint density at radius 1 is 0.825 bits per heavy atom. The second-order valence-corrected chi connectivity index (χ2v) is 23.0. The monoisotopic (exact) mass is 588 g/mol. The summed E-state index contributed by atoms with van der Waals surface area (Å²) < 4.78 is 18.3. The first kappa shape index (κ1) is 35.9. The van der Waals surface area contributed by atoms with Crippen molar-refractivity contribution in [3.63, 3.8) is 0 Å². The van der Waals surface area contributed by atoms with E-state index in [-0.39, 0.29) is 40.6 Å². The van der Waals surface area contributed by atoms with Gasteiger partial charge in [0.15, 0.2) is 22.4 Å². The van der Waals surface area contributed by atoms with Gasteiger partial charge in [0.05, 0.1) is 25.7 Å². The van der Waals surface area contributed by atoms with E-state index in [1.165, 1.54) is 19.3 Å². The number of methoxy groups -OCH3 is 1. The number of ketones is 2. The zero-order valence-electron chi connectivity index (χ0n) is 26.6. The zero-order chi connectivity index (χ0) is 30.8. The molecule has 224 valence electrons. The predicted octanol–water partition coefficient (Wildman–Crippen LogP) is 7.91. The topological polar surface area (TPSA) is 78.9 Å². The number of rotatable bonds is 15. The third kappa shape index (κ3) is 12.6. The standard InChI is InChI=1S/C32H52O6Si2/c1-31(2,3)39(8,9)37-28(18-15-19-30(35)36-7)24-29(38-40(10,11)32(4,5)6)23-27(34)22-26(33)21-20-25-16-13-12-14-17-25/h12-17,19-21,28-29H,18,22-24H2,1-11H3/b19-15-,21-20+/t28-,29-/m1/s1. The number of hydrogen-bond acceptors (Lipinski definition) is 6. The maximum absolute atomic E-state index is 13.2. The summed E-state index contributed by atoms with van der Waals surface area (Å²) in [7, 11) is -3.06. The van der Waals surface area contributed by atoms with E-state index in [9.17, 15) is 14.4 Å². The van der Waals surface area contributed by atoms with Gasteiger partial charge < -0.3 is 13.6 Å². The fourth-order valence-electron chi connectivity index (χ4n) is 3.56. The molecule has 8 heteroatoms. The smallest absolute Gasteiger partial charge is 0.330 e. The molecule has 1 rings (SSSR count). The van der Waals surface area contributed by atoms with Crippen LogP contribution in [0.1, 0.15) is 72.8 Å². The fourth-order valence-corrected chi connectivity index (χ4v) is 6.31. The van der Waals surface area contributed by atoms with E-state index in [2.05, 4.69) is 67.7 Å². The van der Waals surface area contributed by atoms with Crippen LogP contribution < -0.4 is 0 Å². The molecule has 1 aromatic carbocycles. The molecular weight excluding hydrogens is 537 g/mol. The molecule has 0 fully saturated rings. The molecule has 0 N–H and O–H groups in total. The van der Waals surface area contributed by atoms with Crippen molar-refractivity contribution in [2.24, 2.45) is 0 Å². The predicted molar refractivity (Wildman–Crippen MR) is 169 cm³/mol. The molecule has 40 heavy (non-hydrogen) atoms. The summed E-state index contributed by atoms with van der Waals surface area (Å²) in [6, 6.07) is 9.54. The second kappa shape index (κ2) is 15.2. The summed E-state index contributed by atoms with van der Waals surface area (Å²) >= 11 is 0. The number of carbonyl (C=O) groups is 3. The van der Waals surface area contributed by atoms with E-state index < -0.39 is 28.7 Å². The third-order valence-corrected chi connectivity index (χ3v) is 17.1. The van der Waals surface area contributed by atoms with Crippen LogP contribution in [0, 0.1) is 0 Å². The summed E-state index contributed by atoms with van der Waals surface area (Å²) in [6.07, 6.45) is 6.68. The summed E-state index contributed by atoms with van der Waals surface area (Å²) in [5.74, 6) is -0.796. The minimum absolute atomic E-state index is 0.0135. The van der Waals surface area contributed by atoms with E-state index in [4.69, 9.17) is 13.6 Å². The van der Waals surface area contributed by atoms with E-state index in [1.807, 2.05) is 30.3 Å². The van der Waals surface area contributed by atoms with Crippen LogP contribution in [0.3, 0.4) is 0 Å². The van der Waals surface area contributed by atoms with Gasteiger partial charge in [0.2, 0.25) is 0 Å².